The summed E-state index contributed by atoms with van der Waals surface area (Å²) in [6, 6.07) is 3.09. The van der Waals surface area contributed by atoms with Gasteiger partial charge in [-0.3, -0.25) is 0 Å². The summed E-state index contributed by atoms with van der Waals surface area (Å²) in [4.78, 5) is 4.28. The van der Waals surface area contributed by atoms with Crippen LogP contribution in [0.2, 0.25) is 0 Å². The predicted molar refractivity (Wildman–Crippen MR) is 81.8 cm³/mol. The molecule has 1 heterocycles. The van der Waals surface area contributed by atoms with Gasteiger partial charge >= 0.3 is 0 Å². The normalized spacial score (nSPS) is 22.6. The summed E-state index contributed by atoms with van der Waals surface area (Å²) in [6.07, 6.45) is 5.03. The van der Waals surface area contributed by atoms with Crippen molar-refractivity contribution in [3.63, 3.8) is 0 Å². The molecule has 1 saturated carbocycles. The Morgan fingerprint density at radius 2 is 2.24 bits per heavy atom. The number of hydrogen-bond acceptors (Lipinski definition) is 3. The molecule has 0 aliphatic heterocycles. The van der Waals surface area contributed by atoms with Gasteiger partial charge in [0.1, 0.15) is 0 Å². The molecule has 0 saturated heterocycles. The molecule has 1 aliphatic carbocycles. The van der Waals surface area contributed by atoms with Gasteiger partial charge in [0.15, 0.2) is 11.6 Å². The molecule has 1 aliphatic rings. The predicted octanol–water partition coefficient (Wildman–Crippen LogP) is 3.59. The van der Waals surface area contributed by atoms with E-state index >= 15 is 0 Å². The van der Waals surface area contributed by atoms with Crippen LogP contribution in [0.25, 0.3) is 11.0 Å². The van der Waals surface area contributed by atoms with E-state index in [1.165, 1.54) is 38.9 Å². The van der Waals surface area contributed by atoms with Gasteiger partial charge in [0, 0.05) is 18.7 Å². The number of nitrogen functional groups attached to an aromatic ring is 1. The third-order valence-electron chi connectivity index (χ3n) is 4.54. The lowest BCUT2D eigenvalue weighted by atomic mass is 9.82. The fourth-order valence-electron chi connectivity index (χ4n) is 3.48. The third kappa shape index (κ3) is 2.69. The minimum Gasteiger partial charge on any atom is -0.494 e. The smallest absolute Gasteiger partial charge is 0.201 e. The highest BCUT2D eigenvalue weighted by molar-refractivity contribution is 5.80. The van der Waals surface area contributed by atoms with Crippen molar-refractivity contribution >= 4 is 17.0 Å². The summed E-state index contributed by atoms with van der Waals surface area (Å²) in [5.41, 5.74) is 7.48. The van der Waals surface area contributed by atoms with Crippen LogP contribution < -0.4 is 10.5 Å². The van der Waals surface area contributed by atoms with Crippen molar-refractivity contribution in [3.05, 3.63) is 17.9 Å². The van der Waals surface area contributed by atoms with E-state index in [-0.39, 0.29) is 5.75 Å². The molecule has 1 aromatic carbocycles. The van der Waals surface area contributed by atoms with E-state index < -0.39 is 5.82 Å². The maximum absolute atomic E-state index is 13.8. The monoisotopic (exact) mass is 291 g/mol. The summed E-state index contributed by atoms with van der Waals surface area (Å²) in [6.45, 7) is 3.15. The lowest BCUT2D eigenvalue weighted by Crippen LogP contribution is -2.19. The quantitative estimate of drug-likeness (QED) is 0.940. The number of anilines is 1. The van der Waals surface area contributed by atoms with E-state index in [4.69, 9.17) is 10.5 Å². The first kappa shape index (κ1) is 14.2. The van der Waals surface area contributed by atoms with E-state index in [0.717, 1.165) is 18.0 Å². The lowest BCUT2D eigenvalue weighted by Gasteiger charge is -2.27. The Morgan fingerprint density at radius 3 is 2.95 bits per heavy atom. The van der Waals surface area contributed by atoms with Gasteiger partial charge < -0.3 is 15.0 Å². The van der Waals surface area contributed by atoms with Gasteiger partial charge in [-0.05, 0) is 24.7 Å². The van der Waals surface area contributed by atoms with E-state index in [0.29, 0.717) is 17.4 Å². The van der Waals surface area contributed by atoms with Crippen LogP contribution in [0.4, 0.5) is 10.3 Å². The van der Waals surface area contributed by atoms with Crippen LogP contribution in [0.15, 0.2) is 12.1 Å². The standard InChI is InChI=1S/C16H22FN3O/c1-10-4-3-5-11(6-10)9-20-14-8-15(21-2)12(17)7-13(14)19-16(20)18/h7-8,10-11H,3-6,9H2,1-2H3,(H2,18,19). The zero-order chi connectivity index (χ0) is 15.0. The average molecular weight is 291 g/mol. The maximum atomic E-state index is 13.8. The molecule has 114 valence electrons. The molecular weight excluding hydrogens is 269 g/mol. The highest BCUT2D eigenvalue weighted by Crippen LogP contribution is 2.32. The van der Waals surface area contributed by atoms with Crippen LogP contribution in [0.3, 0.4) is 0 Å². The van der Waals surface area contributed by atoms with Crippen molar-refractivity contribution in [3.8, 4) is 5.75 Å². The molecule has 2 unspecified atom stereocenters. The zero-order valence-corrected chi connectivity index (χ0v) is 12.6. The lowest BCUT2D eigenvalue weighted by molar-refractivity contribution is 0.259. The van der Waals surface area contributed by atoms with Gasteiger partial charge in [0.05, 0.1) is 18.1 Å². The Labute approximate surface area is 124 Å². The number of aromatic nitrogens is 2. The summed E-state index contributed by atoms with van der Waals surface area (Å²) in [5, 5.41) is 0. The van der Waals surface area contributed by atoms with Gasteiger partial charge in [-0.15, -0.1) is 0 Å². The Bertz CT molecular complexity index is 652. The van der Waals surface area contributed by atoms with Crippen LogP contribution in [-0.4, -0.2) is 16.7 Å². The third-order valence-corrected chi connectivity index (χ3v) is 4.54. The first-order valence-corrected chi connectivity index (χ1v) is 7.57. The van der Waals surface area contributed by atoms with E-state index in [1.807, 2.05) is 4.57 Å². The van der Waals surface area contributed by atoms with E-state index in [9.17, 15) is 4.39 Å². The fraction of sp³-hybridized carbons (Fsp3) is 0.562. The molecule has 2 atom stereocenters. The van der Waals surface area contributed by atoms with Gasteiger partial charge in [0.25, 0.3) is 0 Å². The van der Waals surface area contributed by atoms with Gasteiger partial charge in [0.2, 0.25) is 5.95 Å². The van der Waals surface area contributed by atoms with Gasteiger partial charge in [-0.25, -0.2) is 9.37 Å². The number of nitrogens with two attached hydrogens (primary N) is 1. The molecule has 3 rings (SSSR count). The molecular formula is C16H22FN3O. The molecule has 2 aromatic rings. The van der Waals surface area contributed by atoms with Crippen molar-refractivity contribution in [1.29, 1.82) is 0 Å². The Kier molecular flexibility index (Phi) is 3.74. The van der Waals surface area contributed by atoms with Crippen molar-refractivity contribution in [2.24, 2.45) is 11.8 Å². The number of rotatable bonds is 3. The second-order valence-corrected chi connectivity index (χ2v) is 6.19. The number of ether oxygens (including phenoxy) is 1. The van der Waals surface area contributed by atoms with Crippen LogP contribution in [0.5, 0.6) is 5.75 Å². The van der Waals surface area contributed by atoms with Gasteiger partial charge in [-0.1, -0.05) is 19.8 Å². The molecule has 0 radical (unpaired) electrons. The first-order valence-electron chi connectivity index (χ1n) is 7.57. The average Bonchev–Trinajstić information content (AvgIpc) is 2.73. The molecule has 0 bridgehead atoms. The Hall–Kier alpha value is -1.78. The Balaban J connectivity index is 1.95. The molecule has 1 fully saturated rings. The number of benzene rings is 1. The minimum absolute atomic E-state index is 0.237. The van der Waals surface area contributed by atoms with Crippen molar-refractivity contribution in [1.82, 2.24) is 9.55 Å². The van der Waals surface area contributed by atoms with E-state index in [2.05, 4.69) is 11.9 Å². The molecule has 21 heavy (non-hydrogen) atoms. The van der Waals surface area contributed by atoms with Crippen LogP contribution in [0.1, 0.15) is 32.6 Å². The summed E-state index contributed by atoms with van der Waals surface area (Å²) in [5.74, 6) is 1.67. The summed E-state index contributed by atoms with van der Waals surface area (Å²) >= 11 is 0. The SMILES string of the molecule is COc1cc2c(cc1F)nc(N)n2CC1CCCC(C)C1. The first-order chi connectivity index (χ1) is 10.1. The fourth-order valence-corrected chi connectivity index (χ4v) is 3.48. The summed E-state index contributed by atoms with van der Waals surface area (Å²) in [7, 11) is 1.47. The number of imidazole rings is 1. The number of methoxy groups -OCH3 is 1. The molecule has 0 spiro atoms. The second kappa shape index (κ2) is 5.54. The van der Waals surface area contributed by atoms with Crippen LogP contribution in [0, 0.1) is 17.7 Å². The Morgan fingerprint density at radius 1 is 1.43 bits per heavy atom. The number of hydrogen-bond donors (Lipinski definition) is 1. The maximum Gasteiger partial charge on any atom is 0.201 e. The molecule has 5 heteroatoms. The molecule has 1 aromatic heterocycles. The largest absolute Gasteiger partial charge is 0.494 e. The second-order valence-electron chi connectivity index (χ2n) is 6.19. The van der Waals surface area contributed by atoms with Gasteiger partial charge in [-0.2, -0.15) is 0 Å². The van der Waals surface area contributed by atoms with Crippen LogP contribution >= 0.6 is 0 Å². The van der Waals surface area contributed by atoms with Crippen molar-refractivity contribution in [2.45, 2.75) is 39.2 Å². The number of halogens is 1. The highest BCUT2D eigenvalue weighted by atomic mass is 19.1. The summed E-state index contributed by atoms with van der Waals surface area (Å²) < 4.78 is 20.8. The number of fused-ring (bicyclic) bond motifs is 1. The van der Waals surface area contributed by atoms with Crippen molar-refractivity contribution in [2.75, 3.05) is 12.8 Å². The highest BCUT2D eigenvalue weighted by Gasteiger charge is 2.21. The zero-order valence-electron chi connectivity index (χ0n) is 12.6. The van der Waals surface area contributed by atoms with Crippen LogP contribution in [-0.2, 0) is 6.54 Å². The molecule has 4 nitrogen and oxygen atoms in total. The number of nitrogens with zero attached hydrogens (tertiary/aromatic N) is 2. The molecule has 0 amide bonds. The van der Waals surface area contributed by atoms with Crippen molar-refractivity contribution < 1.29 is 9.13 Å². The minimum atomic E-state index is -0.402. The topological polar surface area (TPSA) is 53.1 Å². The van der Waals surface area contributed by atoms with E-state index in [1.54, 1.807) is 6.07 Å². The molecule has 2 N–H and O–H groups in total.